The Morgan fingerprint density at radius 1 is 1.17 bits per heavy atom. The number of nitrogens with one attached hydrogen (secondary N) is 3. The molecule has 0 fully saturated rings. The van der Waals surface area contributed by atoms with E-state index in [1.807, 2.05) is 0 Å². The number of nitrogens with zero attached hydrogens (tertiary/aromatic N) is 1. The number of aliphatic hydroxyl groups is 1. The molecule has 2 rings (SSSR count). The van der Waals surface area contributed by atoms with Gasteiger partial charge in [-0.05, 0) is 30.3 Å². The van der Waals surface area contributed by atoms with Gasteiger partial charge in [0, 0.05) is 43.2 Å². The van der Waals surface area contributed by atoms with Crippen LogP contribution in [0.1, 0.15) is 15.9 Å². The maximum Gasteiger partial charge on any atom is 0.258 e. The summed E-state index contributed by atoms with van der Waals surface area (Å²) >= 11 is 0. The summed E-state index contributed by atoms with van der Waals surface area (Å²) in [5, 5.41) is 26.4. The average molecular weight is 417 g/mol. The molecule has 0 unspecified atom stereocenters. The highest BCUT2D eigenvalue weighted by molar-refractivity contribution is 6.04. The zero-order valence-corrected chi connectivity index (χ0v) is 16.4. The summed E-state index contributed by atoms with van der Waals surface area (Å²) in [6, 6.07) is 7.51. The van der Waals surface area contributed by atoms with Crippen LogP contribution in [0.2, 0.25) is 0 Å². The van der Waals surface area contributed by atoms with Crippen molar-refractivity contribution in [1.29, 1.82) is 0 Å². The Labute approximate surface area is 173 Å². The van der Waals surface area contributed by atoms with Gasteiger partial charge in [-0.2, -0.15) is 6.21 Å². The lowest BCUT2D eigenvalue weighted by Gasteiger charge is -2.16. The van der Waals surface area contributed by atoms with E-state index in [1.165, 1.54) is 6.08 Å². The van der Waals surface area contributed by atoms with Crippen LogP contribution in [-0.4, -0.2) is 50.6 Å². The van der Waals surface area contributed by atoms with E-state index < -0.39 is 17.5 Å². The summed E-state index contributed by atoms with van der Waals surface area (Å²) in [4.78, 5) is 12.4. The molecule has 2 aromatic rings. The van der Waals surface area contributed by atoms with Gasteiger partial charge in [0.25, 0.3) is 5.91 Å². The molecule has 0 aromatic heterocycles. The van der Waals surface area contributed by atoms with Gasteiger partial charge in [0.2, 0.25) is 0 Å². The normalized spacial score (nSPS) is 11.1. The van der Waals surface area contributed by atoms with Crippen molar-refractivity contribution in [2.24, 2.45) is 0 Å². The predicted octanol–water partition coefficient (Wildman–Crippen LogP) is 2.38. The standard InChI is InChI=1S/C21H23F2N4O3/c1-25-19(6-7-24)17-13-15(3-5-20(17)30-11-9-26-8-10-28)27-21(29)16-4-2-14(22)12-18(16)23/h2-7,12-13,25-26,28H,8-11H2,1H3,(H,27,29)/q-1/b19-6-. The number of rotatable bonds is 11. The molecule has 0 spiro atoms. The van der Waals surface area contributed by atoms with E-state index >= 15 is 0 Å². The quantitative estimate of drug-likeness (QED) is 0.332. The highest BCUT2D eigenvalue weighted by Gasteiger charge is 2.15. The fourth-order valence-corrected chi connectivity index (χ4v) is 2.64. The first-order valence-electron chi connectivity index (χ1n) is 9.20. The van der Waals surface area contributed by atoms with Gasteiger partial charge in [0.1, 0.15) is 24.0 Å². The Morgan fingerprint density at radius 2 is 1.97 bits per heavy atom. The molecule has 9 heteroatoms. The Kier molecular flexibility index (Phi) is 8.92. The SMILES string of the molecule is CN/C(=C\C=[N-])c1cc(NC(=O)c2ccc(F)cc2F)ccc1OCCNCCO. The molecule has 1 amide bonds. The third-order valence-corrected chi connectivity index (χ3v) is 4.04. The van der Waals surface area contributed by atoms with E-state index in [0.717, 1.165) is 18.3 Å². The fraction of sp³-hybridized carbons (Fsp3) is 0.238. The summed E-state index contributed by atoms with van der Waals surface area (Å²) in [7, 11) is 1.65. The molecule has 0 radical (unpaired) electrons. The minimum atomic E-state index is -0.964. The second-order valence-corrected chi connectivity index (χ2v) is 6.09. The maximum absolute atomic E-state index is 13.9. The minimum Gasteiger partial charge on any atom is -0.811 e. The van der Waals surface area contributed by atoms with E-state index in [0.29, 0.717) is 48.5 Å². The van der Waals surface area contributed by atoms with Gasteiger partial charge in [-0.25, -0.2) is 8.78 Å². The number of anilines is 1. The van der Waals surface area contributed by atoms with Crippen LogP contribution >= 0.6 is 0 Å². The predicted molar refractivity (Wildman–Crippen MR) is 113 cm³/mol. The van der Waals surface area contributed by atoms with Crippen LogP contribution in [0.5, 0.6) is 5.75 Å². The number of benzene rings is 2. The van der Waals surface area contributed by atoms with E-state index in [1.54, 1.807) is 25.2 Å². The van der Waals surface area contributed by atoms with E-state index in [-0.39, 0.29) is 12.2 Å². The number of allylic oxidation sites excluding steroid dienone is 1. The van der Waals surface area contributed by atoms with E-state index in [2.05, 4.69) is 16.0 Å². The van der Waals surface area contributed by atoms with Gasteiger partial charge in [-0.15, -0.1) is 0 Å². The zero-order valence-electron chi connectivity index (χ0n) is 16.4. The third kappa shape index (κ3) is 6.36. The van der Waals surface area contributed by atoms with E-state index in [9.17, 15) is 13.6 Å². The zero-order chi connectivity index (χ0) is 21.9. The molecule has 0 heterocycles. The molecule has 4 N–H and O–H groups in total. The minimum absolute atomic E-state index is 0.0211. The second kappa shape index (κ2) is 11.6. The van der Waals surface area contributed by atoms with Crippen molar-refractivity contribution in [2.75, 3.05) is 38.7 Å². The van der Waals surface area contributed by atoms with Crippen LogP contribution in [0, 0.1) is 11.6 Å². The monoisotopic (exact) mass is 417 g/mol. The van der Waals surface area contributed by atoms with Crippen molar-refractivity contribution in [3.8, 4) is 5.75 Å². The Hall–Kier alpha value is -3.30. The fourth-order valence-electron chi connectivity index (χ4n) is 2.64. The van der Waals surface area contributed by atoms with Crippen LogP contribution in [-0.2, 0) is 0 Å². The smallest absolute Gasteiger partial charge is 0.258 e. The molecule has 2 aromatic carbocycles. The average Bonchev–Trinajstić information content (AvgIpc) is 2.72. The Morgan fingerprint density at radius 3 is 2.63 bits per heavy atom. The summed E-state index contributed by atoms with van der Waals surface area (Å²) < 4.78 is 32.7. The summed E-state index contributed by atoms with van der Waals surface area (Å²) in [5.74, 6) is -1.99. The molecule has 0 aliphatic heterocycles. The second-order valence-electron chi connectivity index (χ2n) is 6.09. The van der Waals surface area contributed by atoms with Crippen molar-refractivity contribution in [3.05, 3.63) is 70.6 Å². The summed E-state index contributed by atoms with van der Waals surface area (Å²) in [6.07, 6.45) is 2.27. The van der Waals surface area contributed by atoms with Crippen molar-refractivity contribution < 1.29 is 23.4 Å². The lowest BCUT2D eigenvalue weighted by Crippen LogP contribution is -2.24. The molecule has 0 atom stereocenters. The number of ether oxygens (including phenoxy) is 1. The highest BCUT2D eigenvalue weighted by atomic mass is 19.1. The van der Waals surface area contributed by atoms with Gasteiger partial charge < -0.3 is 31.2 Å². The number of carbonyl (C=O) groups is 1. The number of hydrogen-bond donors (Lipinski definition) is 4. The molecule has 160 valence electrons. The van der Waals surface area contributed by atoms with Gasteiger partial charge in [0.05, 0.1) is 12.2 Å². The topological polar surface area (TPSA) is 105 Å². The number of halogens is 2. The van der Waals surface area contributed by atoms with E-state index in [4.69, 9.17) is 15.3 Å². The lowest BCUT2D eigenvalue weighted by molar-refractivity contribution is 0.102. The van der Waals surface area contributed by atoms with Crippen LogP contribution in [0.4, 0.5) is 14.5 Å². The van der Waals surface area contributed by atoms with Crippen molar-refractivity contribution in [1.82, 2.24) is 10.6 Å². The molecular weight excluding hydrogens is 394 g/mol. The number of hydrogen-bond acceptors (Lipinski definition) is 5. The molecule has 30 heavy (non-hydrogen) atoms. The van der Waals surface area contributed by atoms with Crippen molar-refractivity contribution in [2.45, 2.75) is 0 Å². The van der Waals surface area contributed by atoms with Crippen LogP contribution in [0.15, 0.2) is 42.5 Å². The first-order chi connectivity index (χ1) is 14.5. The van der Waals surface area contributed by atoms with Gasteiger partial charge in [-0.3, -0.25) is 4.79 Å². The number of aliphatic hydroxyl groups excluding tert-OH is 1. The van der Waals surface area contributed by atoms with Crippen molar-refractivity contribution in [3.63, 3.8) is 0 Å². The first kappa shape index (κ1) is 23.0. The molecule has 7 nitrogen and oxygen atoms in total. The highest BCUT2D eigenvalue weighted by Crippen LogP contribution is 2.28. The van der Waals surface area contributed by atoms with Crippen LogP contribution < -0.4 is 20.7 Å². The molecular formula is C21H23F2N4O3-. The number of carbonyl (C=O) groups excluding carboxylic acids is 1. The molecule has 0 bridgehead atoms. The molecule has 0 aliphatic rings. The van der Waals surface area contributed by atoms with Gasteiger partial charge in [-0.1, -0.05) is 6.08 Å². The Balaban J connectivity index is 2.25. The van der Waals surface area contributed by atoms with Gasteiger partial charge >= 0.3 is 0 Å². The molecule has 0 aliphatic carbocycles. The van der Waals surface area contributed by atoms with Crippen molar-refractivity contribution >= 4 is 23.5 Å². The largest absolute Gasteiger partial charge is 0.811 e. The molecule has 0 saturated heterocycles. The lowest BCUT2D eigenvalue weighted by atomic mass is 10.1. The van der Waals surface area contributed by atoms with Crippen LogP contribution in [0.3, 0.4) is 0 Å². The maximum atomic E-state index is 13.9. The Bertz CT molecular complexity index is 919. The van der Waals surface area contributed by atoms with Crippen LogP contribution in [0.25, 0.3) is 11.1 Å². The molecule has 0 saturated carbocycles. The van der Waals surface area contributed by atoms with Gasteiger partial charge in [0.15, 0.2) is 0 Å². The number of amides is 1. The first-order valence-corrected chi connectivity index (χ1v) is 9.20. The third-order valence-electron chi connectivity index (χ3n) is 4.04. The summed E-state index contributed by atoms with van der Waals surface area (Å²) in [6.45, 7) is 1.29. The summed E-state index contributed by atoms with van der Waals surface area (Å²) in [5.41, 5.74) is 1.12.